The fraction of sp³-hybridized carbons (Fsp3) is 0.300. The first kappa shape index (κ1) is 16.4. The normalized spacial score (nSPS) is 18.3. The standard InChI is InChI=1S/C20H20N2O4/c23-19-12-26-18-10-15(5-6-16(18)22-19)20(24)21-11-13-7-8-25-17-4-2-1-3-14(17)9-13/h1-6,10,13H,7-9,11-12H2,(H,21,24)(H,22,23)/t13-/m1/s1. The van der Waals surface area contributed by atoms with Crippen molar-refractivity contribution in [2.24, 2.45) is 5.92 Å². The van der Waals surface area contributed by atoms with Gasteiger partial charge in [0.1, 0.15) is 11.5 Å². The molecule has 0 saturated heterocycles. The SMILES string of the molecule is O=C1COc2cc(C(=O)NC[C@@H]3CCOc4ccccc4C3)ccc2N1. The second-order valence-electron chi connectivity index (χ2n) is 6.57. The van der Waals surface area contributed by atoms with Crippen LogP contribution in [0, 0.1) is 5.92 Å². The Bertz CT molecular complexity index is 849. The monoisotopic (exact) mass is 352 g/mol. The van der Waals surface area contributed by atoms with Crippen LogP contribution in [0.3, 0.4) is 0 Å². The lowest BCUT2D eigenvalue weighted by Crippen LogP contribution is -2.31. The Morgan fingerprint density at radius 3 is 2.96 bits per heavy atom. The van der Waals surface area contributed by atoms with Gasteiger partial charge >= 0.3 is 0 Å². The zero-order valence-electron chi connectivity index (χ0n) is 14.3. The third kappa shape index (κ3) is 3.49. The van der Waals surface area contributed by atoms with E-state index in [1.165, 1.54) is 5.56 Å². The summed E-state index contributed by atoms with van der Waals surface area (Å²) in [5.41, 5.74) is 2.29. The summed E-state index contributed by atoms with van der Waals surface area (Å²) in [6, 6.07) is 13.1. The number of carbonyl (C=O) groups excluding carboxylic acids is 2. The van der Waals surface area contributed by atoms with E-state index < -0.39 is 0 Å². The number of amides is 2. The van der Waals surface area contributed by atoms with Crippen LogP contribution in [0.1, 0.15) is 22.3 Å². The summed E-state index contributed by atoms with van der Waals surface area (Å²) in [5.74, 6) is 1.46. The lowest BCUT2D eigenvalue weighted by molar-refractivity contribution is -0.118. The Morgan fingerprint density at radius 2 is 2.04 bits per heavy atom. The fourth-order valence-corrected chi connectivity index (χ4v) is 3.29. The van der Waals surface area contributed by atoms with Crippen LogP contribution in [0.4, 0.5) is 5.69 Å². The summed E-state index contributed by atoms with van der Waals surface area (Å²) >= 11 is 0. The Balaban J connectivity index is 1.39. The predicted molar refractivity (Wildman–Crippen MR) is 96.6 cm³/mol. The molecule has 2 N–H and O–H groups in total. The van der Waals surface area contributed by atoms with Gasteiger partial charge in [0.25, 0.3) is 11.8 Å². The summed E-state index contributed by atoms with van der Waals surface area (Å²) < 4.78 is 11.1. The first-order valence-electron chi connectivity index (χ1n) is 8.74. The Labute approximate surface area is 151 Å². The highest BCUT2D eigenvalue weighted by Gasteiger charge is 2.20. The highest BCUT2D eigenvalue weighted by atomic mass is 16.5. The van der Waals surface area contributed by atoms with Gasteiger partial charge in [-0.3, -0.25) is 9.59 Å². The molecule has 2 amide bonds. The number of hydrogen-bond acceptors (Lipinski definition) is 4. The van der Waals surface area contributed by atoms with Crippen LogP contribution < -0.4 is 20.1 Å². The molecule has 0 saturated carbocycles. The number of nitrogens with one attached hydrogen (secondary N) is 2. The molecule has 2 heterocycles. The summed E-state index contributed by atoms with van der Waals surface area (Å²) in [6.07, 6.45) is 1.78. The third-order valence-corrected chi connectivity index (χ3v) is 4.69. The Kier molecular flexibility index (Phi) is 4.48. The predicted octanol–water partition coefficient (Wildman–Crippen LogP) is 2.39. The molecule has 1 atom stereocenters. The molecule has 6 heteroatoms. The van der Waals surface area contributed by atoms with Crippen molar-refractivity contribution in [1.29, 1.82) is 0 Å². The van der Waals surface area contributed by atoms with Crippen molar-refractivity contribution in [2.45, 2.75) is 12.8 Å². The average molecular weight is 352 g/mol. The maximum Gasteiger partial charge on any atom is 0.262 e. The van der Waals surface area contributed by atoms with Gasteiger partial charge in [0.2, 0.25) is 0 Å². The van der Waals surface area contributed by atoms with Crippen molar-refractivity contribution in [2.75, 3.05) is 25.1 Å². The zero-order chi connectivity index (χ0) is 17.9. The first-order chi connectivity index (χ1) is 12.7. The van der Waals surface area contributed by atoms with Crippen molar-refractivity contribution < 1.29 is 19.1 Å². The molecule has 4 rings (SSSR count). The molecule has 2 aromatic rings. The summed E-state index contributed by atoms with van der Waals surface area (Å²) in [6.45, 7) is 1.22. The van der Waals surface area contributed by atoms with Gasteiger partial charge in [0.15, 0.2) is 6.61 Å². The van der Waals surface area contributed by atoms with E-state index in [9.17, 15) is 9.59 Å². The molecule has 2 aliphatic heterocycles. The van der Waals surface area contributed by atoms with Crippen LogP contribution in [0.25, 0.3) is 0 Å². The summed E-state index contributed by atoms with van der Waals surface area (Å²) in [5, 5.41) is 5.72. The molecular formula is C20H20N2O4. The van der Waals surface area contributed by atoms with Crippen molar-refractivity contribution in [3.05, 3.63) is 53.6 Å². The Morgan fingerprint density at radius 1 is 1.15 bits per heavy atom. The highest BCUT2D eigenvalue weighted by Crippen LogP contribution is 2.29. The lowest BCUT2D eigenvalue weighted by atomic mass is 9.97. The van der Waals surface area contributed by atoms with Crippen molar-refractivity contribution >= 4 is 17.5 Å². The van der Waals surface area contributed by atoms with Crippen molar-refractivity contribution in [3.63, 3.8) is 0 Å². The second kappa shape index (κ2) is 7.07. The van der Waals surface area contributed by atoms with Crippen LogP contribution in [0.15, 0.2) is 42.5 Å². The summed E-state index contributed by atoms with van der Waals surface area (Å²) in [7, 11) is 0. The molecular weight excluding hydrogens is 332 g/mol. The van der Waals surface area contributed by atoms with Gasteiger partial charge in [-0.25, -0.2) is 0 Å². The molecule has 0 radical (unpaired) electrons. The minimum absolute atomic E-state index is 0.0282. The van der Waals surface area contributed by atoms with E-state index in [0.29, 0.717) is 36.1 Å². The molecule has 0 fully saturated rings. The van der Waals surface area contributed by atoms with Crippen LogP contribution in [0.5, 0.6) is 11.5 Å². The first-order valence-corrected chi connectivity index (χ1v) is 8.74. The molecule has 0 aliphatic carbocycles. The number of rotatable bonds is 3. The second-order valence-corrected chi connectivity index (χ2v) is 6.57. The van der Waals surface area contributed by atoms with E-state index in [1.54, 1.807) is 18.2 Å². The van der Waals surface area contributed by atoms with Gasteiger partial charge in [-0.15, -0.1) is 0 Å². The van der Waals surface area contributed by atoms with Crippen molar-refractivity contribution in [1.82, 2.24) is 5.32 Å². The number of fused-ring (bicyclic) bond motifs is 2. The van der Waals surface area contributed by atoms with E-state index in [-0.39, 0.29) is 18.4 Å². The Hall–Kier alpha value is -3.02. The number of carbonyl (C=O) groups is 2. The van der Waals surface area contributed by atoms with Gasteiger partial charge in [-0.1, -0.05) is 18.2 Å². The van der Waals surface area contributed by atoms with E-state index in [2.05, 4.69) is 16.7 Å². The number of benzene rings is 2. The number of ether oxygens (including phenoxy) is 2. The smallest absolute Gasteiger partial charge is 0.262 e. The number of anilines is 1. The maximum atomic E-state index is 12.5. The molecule has 0 bridgehead atoms. The molecule has 6 nitrogen and oxygen atoms in total. The molecule has 0 aromatic heterocycles. The van der Waals surface area contributed by atoms with Crippen LogP contribution in [0.2, 0.25) is 0 Å². The van der Waals surface area contributed by atoms with E-state index >= 15 is 0 Å². The lowest BCUT2D eigenvalue weighted by Gasteiger charge is -2.19. The molecule has 0 unspecified atom stereocenters. The van der Waals surface area contributed by atoms with Gasteiger partial charge in [0, 0.05) is 12.1 Å². The maximum absolute atomic E-state index is 12.5. The highest BCUT2D eigenvalue weighted by molar-refractivity contribution is 5.98. The van der Waals surface area contributed by atoms with Gasteiger partial charge in [-0.2, -0.15) is 0 Å². The van der Waals surface area contributed by atoms with Crippen LogP contribution in [-0.2, 0) is 11.2 Å². The van der Waals surface area contributed by atoms with Gasteiger partial charge < -0.3 is 20.1 Å². The van der Waals surface area contributed by atoms with Gasteiger partial charge in [-0.05, 0) is 48.6 Å². The molecule has 134 valence electrons. The van der Waals surface area contributed by atoms with Crippen molar-refractivity contribution in [3.8, 4) is 11.5 Å². The molecule has 0 spiro atoms. The minimum Gasteiger partial charge on any atom is -0.493 e. The quantitative estimate of drug-likeness (QED) is 0.889. The largest absolute Gasteiger partial charge is 0.493 e. The third-order valence-electron chi connectivity index (χ3n) is 4.69. The van der Waals surface area contributed by atoms with E-state index in [4.69, 9.17) is 9.47 Å². The fourth-order valence-electron chi connectivity index (χ4n) is 3.29. The van der Waals surface area contributed by atoms with Crippen LogP contribution in [-0.4, -0.2) is 31.6 Å². The average Bonchev–Trinajstić information content (AvgIpc) is 2.87. The summed E-state index contributed by atoms with van der Waals surface area (Å²) in [4.78, 5) is 23.8. The van der Waals surface area contributed by atoms with E-state index in [0.717, 1.165) is 18.6 Å². The topological polar surface area (TPSA) is 76.7 Å². The molecule has 26 heavy (non-hydrogen) atoms. The minimum atomic E-state index is -0.189. The molecule has 2 aliphatic rings. The van der Waals surface area contributed by atoms with E-state index in [1.807, 2.05) is 18.2 Å². The van der Waals surface area contributed by atoms with Gasteiger partial charge in [0.05, 0.1) is 12.3 Å². The van der Waals surface area contributed by atoms with Crippen LogP contribution >= 0.6 is 0 Å². The zero-order valence-corrected chi connectivity index (χ0v) is 14.3. The number of para-hydroxylation sites is 1. The molecule has 2 aromatic carbocycles. The number of hydrogen-bond donors (Lipinski definition) is 2.